The third-order valence-electron chi connectivity index (χ3n) is 6.54. The number of rotatable bonds is 9. The fraction of sp³-hybridized carbons (Fsp3) is 0.520. The van der Waals surface area contributed by atoms with E-state index in [1.165, 1.54) is 30.9 Å². The van der Waals surface area contributed by atoms with Crippen molar-refractivity contribution in [3.8, 4) is 0 Å². The Balaban J connectivity index is 1.69. The Kier molecular flexibility index (Phi) is 8.25. The van der Waals surface area contributed by atoms with Gasteiger partial charge in [0.25, 0.3) is 5.56 Å². The molecule has 0 saturated heterocycles. The number of hydrogen-bond donors (Lipinski definition) is 1. The van der Waals surface area contributed by atoms with Gasteiger partial charge in [0.05, 0.1) is 12.5 Å². The van der Waals surface area contributed by atoms with Crippen LogP contribution in [0, 0.1) is 11.8 Å². The van der Waals surface area contributed by atoms with Gasteiger partial charge in [-0.25, -0.2) is 4.79 Å². The molecule has 3 rings (SSSR count). The number of hydrogen-bond acceptors (Lipinski definition) is 6. The van der Waals surface area contributed by atoms with Crippen molar-refractivity contribution in [3.05, 3.63) is 62.3 Å². The van der Waals surface area contributed by atoms with Crippen LogP contribution in [0.1, 0.15) is 67.8 Å². The van der Waals surface area contributed by atoms with Gasteiger partial charge in [-0.15, -0.1) is 0 Å². The molecule has 1 heterocycles. The van der Waals surface area contributed by atoms with Gasteiger partial charge >= 0.3 is 11.7 Å². The minimum Gasteiger partial charge on any atom is -0.457 e. The van der Waals surface area contributed by atoms with Crippen molar-refractivity contribution in [2.24, 2.45) is 18.9 Å². The highest BCUT2D eigenvalue weighted by Gasteiger charge is 2.29. The highest BCUT2D eigenvalue weighted by Crippen LogP contribution is 2.32. The zero-order chi connectivity index (χ0) is 24.0. The fourth-order valence-electron chi connectivity index (χ4n) is 4.47. The maximum Gasteiger partial charge on any atom is 0.332 e. The Labute approximate surface area is 193 Å². The topological polar surface area (TPSA) is 113 Å². The van der Waals surface area contributed by atoms with Crippen LogP contribution >= 0.6 is 0 Å². The van der Waals surface area contributed by atoms with Crippen molar-refractivity contribution >= 4 is 17.6 Å². The SMILES string of the molecule is CCCCC1CCC(C(=O)OCC(=O)c2c(N)n(Cc3ccccc3)c(=O)n(C)c2=O)CC1. The van der Waals surface area contributed by atoms with E-state index in [2.05, 4.69) is 6.92 Å². The van der Waals surface area contributed by atoms with Gasteiger partial charge in [0.15, 0.2) is 6.61 Å². The summed E-state index contributed by atoms with van der Waals surface area (Å²) in [4.78, 5) is 50.6. The Morgan fingerprint density at radius 1 is 1.09 bits per heavy atom. The van der Waals surface area contributed by atoms with Gasteiger partial charge in [0.1, 0.15) is 11.4 Å². The minimum absolute atomic E-state index is 0.112. The lowest BCUT2D eigenvalue weighted by Gasteiger charge is -2.27. The monoisotopic (exact) mass is 455 g/mol. The molecule has 2 N–H and O–H groups in total. The summed E-state index contributed by atoms with van der Waals surface area (Å²) in [5, 5.41) is 0. The average Bonchev–Trinajstić information content (AvgIpc) is 2.83. The summed E-state index contributed by atoms with van der Waals surface area (Å²) in [5.41, 5.74) is 5.15. The van der Waals surface area contributed by atoms with Crippen LogP contribution in [0.5, 0.6) is 0 Å². The molecule has 1 aromatic heterocycles. The van der Waals surface area contributed by atoms with Crippen LogP contribution < -0.4 is 17.0 Å². The number of nitrogens with two attached hydrogens (primary N) is 1. The van der Waals surface area contributed by atoms with Crippen LogP contribution in [0.3, 0.4) is 0 Å². The molecule has 0 atom stereocenters. The van der Waals surface area contributed by atoms with E-state index in [1.807, 2.05) is 30.3 Å². The van der Waals surface area contributed by atoms with Gasteiger partial charge in [-0.05, 0) is 37.2 Å². The predicted molar refractivity (Wildman–Crippen MR) is 126 cm³/mol. The number of nitrogen functional groups attached to an aromatic ring is 1. The van der Waals surface area contributed by atoms with Gasteiger partial charge in [-0.1, -0.05) is 56.5 Å². The molecule has 2 aromatic rings. The number of nitrogens with zero attached hydrogens (tertiary/aromatic N) is 2. The molecule has 178 valence electrons. The minimum atomic E-state index is -0.792. The average molecular weight is 456 g/mol. The number of ether oxygens (including phenoxy) is 1. The largest absolute Gasteiger partial charge is 0.457 e. The number of unbranched alkanes of at least 4 members (excludes halogenated alkanes) is 1. The zero-order valence-electron chi connectivity index (χ0n) is 19.4. The first-order chi connectivity index (χ1) is 15.8. The van der Waals surface area contributed by atoms with Gasteiger partial charge in [-0.3, -0.25) is 23.5 Å². The number of Topliss-reactive ketones (excluding diaryl/α,β-unsaturated/α-hetero) is 1. The molecule has 8 heteroatoms. The lowest BCUT2D eigenvalue weighted by molar-refractivity contribution is -0.148. The Bertz CT molecular complexity index is 1100. The molecule has 0 unspecified atom stereocenters. The molecule has 0 bridgehead atoms. The van der Waals surface area contributed by atoms with Crippen LogP contribution in [-0.2, 0) is 23.1 Å². The Hall–Kier alpha value is -3.16. The molecule has 0 aliphatic heterocycles. The lowest BCUT2D eigenvalue weighted by atomic mass is 9.80. The van der Waals surface area contributed by atoms with Gasteiger partial charge in [-0.2, -0.15) is 0 Å². The molecule has 1 aromatic carbocycles. The molecule has 0 radical (unpaired) electrons. The van der Waals surface area contributed by atoms with Gasteiger partial charge in [0, 0.05) is 7.05 Å². The first-order valence-electron chi connectivity index (χ1n) is 11.7. The maximum absolute atomic E-state index is 12.8. The zero-order valence-corrected chi connectivity index (χ0v) is 19.4. The van der Waals surface area contributed by atoms with Crippen molar-refractivity contribution in [2.75, 3.05) is 12.3 Å². The number of carbonyl (C=O) groups excluding carboxylic acids is 2. The summed E-state index contributed by atoms with van der Waals surface area (Å²) < 4.78 is 7.31. The van der Waals surface area contributed by atoms with Crippen LogP contribution in [0.2, 0.25) is 0 Å². The van der Waals surface area contributed by atoms with E-state index in [-0.39, 0.29) is 23.8 Å². The van der Waals surface area contributed by atoms with E-state index in [4.69, 9.17) is 10.5 Å². The normalized spacial score (nSPS) is 18.1. The third kappa shape index (κ3) is 5.80. The summed E-state index contributed by atoms with van der Waals surface area (Å²) >= 11 is 0. The number of esters is 1. The number of carbonyl (C=O) groups is 2. The van der Waals surface area contributed by atoms with E-state index in [0.29, 0.717) is 5.92 Å². The number of anilines is 1. The quantitative estimate of drug-likeness (QED) is 0.459. The molecule has 8 nitrogen and oxygen atoms in total. The smallest absolute Gasteiger partial charge is 0.332 e. The van der Waals surface area contributed by atoms with Crippen molar-refractivity contribution in [2.45, 2.75) is 58.4 Å². The van der Waals surface area contributed by atoms with E-state index in [9.17, 15) is 19.2 Å². The number of aromatic nitrogens is 2. The molecular formula is C25H33N3O5. The first kappa shape index (κ1) is 24.5. The molecule has 0 amide bonds. The Morgan fingerprint density at radius 3 is 2.39 bits per heavy atom. The second-order valence-corrected chi connectivity index (χ2v) is 8.87. The van der Waals surface area contributed by atoms with E-state index in [0.717, 1.165) is 35.8 Å². The van der Waals surface area contributed by atoms with E-state index in [1.54, 1.807) is 0 Å². The fourth-order valence-corrected chi connectivity index (χ4v) is 4.47. The highest BCUT2D eigenvalue weighted by molar-refractivity contribution is 6.01. The number of benzene rings is 1. The van der Waals surface area contributed by atoms with Crippen molar-refractivity contribution < 1.29 is 14.3 Å². The van der Waals surface area contributed by atoms with Crippen LogP contribution in [0.25, 0.3) is 0 Å². The van der Waals surface area contributed by atoms with Gasteiger partial charge < -0.3 is 10.5 Å². The second kappa shape index (κ2) is 11.1. The van der Waals surface area contributed by atoms with Crippen molar-refractivity contribution in [3.63, 3.8) is 0 Å². The summed E-state index contributed by atoms with van der Waals surface area (Å²) in [5.74, 6) is -0.901. The highest BCUT2D eigenvalue weighted by atomic mass is 16.5. The maximum atomic E-state index is 12.8. The molecule has 1 saturated carbocycles. The summed E-state index contributed by atoms with van der Waals surface area (Å²) in [7, 11) is 1.30. The second-order valence-electron chi connectivity index (χ2n) is 8.87. The molecule has 0 spiro atoms. The molecule has 1 aliphatic carbocycles. The van der Waals surface area contributed by atoms with Crippen molar-refractivity contribution in [1.82, 2.24) is 9.13 Å². The van der Waals surface area contributed by atoms with Crippen LogP contribution in [0.15, 0.2) is 39.9 Å². The molecule has 1 aliphatic rings. The number of ketones is 1. The lowest BCUT2D eigenvalue weighted by Crippen LogP contribution is -2.43. The standard InChI is InChI=1S/C25H33N3O5/c1-3-4-8-17-11-13-19(14-12-17)24(31)33-16-20(29)21-22(26)28(25(32)27(2)23(21)30)15-18-9-6-5-7-10-18/h5-7,9-10,17,19H,3-4,8,11-16,26H2,1-2H3. The Morgan fingerprint density at radius 2 is 1.76 bits per heavy atom. The van der Waals surface area contributed by atoms with Crippen molar-refractivity contribution in [1.29, 1.82) is 0 Å². The first-order valence-corrected chi connectivity index (χ1v) is 11.7. The molecule has 33 heavy (non-hydrogen) atoms. The van der Waals surface area contributed by atoms with Crippen LogP contribution in [-0.4, -0.2) is 27.5 Å². The van der Waals surface area contributed by atoms with Gasteiger partial charge in [0.2, 0.25) is 5.78 Å². The predicted octanol–water partition coefficient (Wildman–Crippen LogP) is 2.90. The van der Waals surface area contributed by atoms with E-state index >= 15 is 0 Å². The molecule has 1 fully saturated rings. The molecular weight excluding hydrogens is 422 g/mol. The summed E-state index contributed by atoms with van der Waals surface area (Å²) in [6.45, 7) is 1.71. The summed E-state index contributed by atoms with van der Waals surface area (Å²) in [6.07, 6.45) is 7.07. The summed E-state index contributed by atoms with van der Waals surface area (Å²) in [6, 6.07) is 9.12. The third-order valence-corrected chi connectivity index (χ3v) is 6.54. The van der Waals surface area contributed by atoms with E-state index < -0.39 is 29.6 Å². The van der Waals surface area contributed by atoms with Crippen LogP contribution in [0.4, 0.5) is 5.82 Å².